The Morgan fingerprint density at radius 2 is 2.03 bits per heavy atom. The minimum Gasteiger partial charge on any atom is -0.481 e. The maximum atomic E-state index is 14.9. The van der Waals surface area contributed by atoms with Crippen LogP contribution < -0.4 is 10.1 Å². The van der Waals surface area contributed by atoms with Gasteiger partial charge in [0.2, 0.25) is 5.88 Å². The van der Waals surface area contributed by atoms with E-state index in [0.29, 0.717) is 18.4 Å². The summed E-state index contributed by atoms with van der Waals surface area (Å²) in [6, 6.07) is 2.98. The lowest BCUT2D eigenvalue weighted by atomic mass is 9.94. The molecule has 2 aromatic rings. The number of aromatic nitrogens is 2. The molecule has 0 spiro atoms. The van der Waals surface area contributed by atoms with Crippen LogP contribution in [0.3, 0.4) is 0 Å². The molecular formula is C22H26FN3O7. The van der Waals surface area contributed by atoms with Crippen molar-refractivity contribution in [3.63, 3.8) is 0 Å². The second-order valence-electron chi connectivity index (χ2n) is 8.90. The predicted molar refractivity (Wildman–Crippen MR) is 112 cm³/mol. The van der Waals surface area contributed by atoms with E-state index in [1.807, 2.05) is 0 Å². The van der Waals surface area contributed by atoms with Gasteiger partial charge in [0, 0.05) is 6.07 Å². The summed E-state index contributed by atoms with van der Waals surface area (Å²) in [5.41, 5.74) is 0.0640. The van der Waals surface area contributed by atoms with E-state index in [1.165, 1.54) is 7.11 Å². The number of methoxy groups -OCH3 is 1. The highest BCUT2D eigenvalue weighted by Crippen LogP contribution is 2.39. The molecule has 1 N–H and O–H groups in total. The van der Waals surface area contributed by atoms with Gasteiger partial charge in [0.05, 0.1) is 43.1 Å². The molecule has 0 bridgehead atoms. The molecule has 2 aliphatic heterocycles. The number of nitrogens with zero attached hydrogens (tertiary/aromatic N) is 2. The standard InChI is InChI=1S/C22H26FN3O7/c1-22(2,3)33-20(27)25-11-5-7-14(30-10-11)18-19(32-21(28)31-18)16-12(23)9-24-13-6-8-15(29-4)26-17(13)16/h6,8-9,11,14,18-19H,5,7,10H2,1-4H3,(H,25,27)/t11-,14+,18-,19-/m1/s1. The Labute approximate surface area is 189 Å². The molecule has 4 atom stereocenters. The number of hydrogen-bond acceptors (Lipinski definition) is 9. The summed E-state index contributed by atoms with van der Waals surface area (Å²) in [4.78, 5) is 32.4. The van der Waals surface area contributed by atoms with Gasteiger partial charge >= 0.3 is 12.2 Å². The third-order valence-electron chi connectivity index (χ3n) is 5.32. The Bertz CT molecular complexity index is 1050. The number of halogens is 1. The van der Waals surface area contributed by atoms with Crippen LogP contribution >= 0.6 is 0 Å². The molecule has 11 heteroatoms. The van der Waals surface area contributed by atoms with E-state index < -0.39 is 42.0 Å². The molecule has 2 aliphatic rings. The van der Waals surface area contributed by atoms with E-state index in [2.05, 4.69) is 15.3 Å². The molecule has 1 amide bonds. The van der Waals surface area contributed by atoms with Gasteiger partial charge < -0.3 is 29.0 Å². The van der Waals surface area contributed by atoms with Crippen LogP contribution in [0.25, 0.3) is 11.0 Å². The number of nitrogens with one attached hydrogen (secondary N) is 1. The molecule has 2 saturated heterocycles. The molecule has 0 unspecified atom stereocenters. The molecule has 0 aromatic carbocycles. The van der Waals surface area contributed by atoms with Crippen molar-refractivity contribution in [2.75, 3.05) is 13.7 Å². The van der Waals surface area contributed by atoms with Crippen LogP contribution in [0.4, 0.5) is 14.0 Å². The topological polar surface area (TPSA) is 118 Å². The first-order chi connectivity index (χ1) is 15.6. The van der Waals surface area contributed by atoms with Crippen molar-refractivity contribution >= 4 is 23.3 Å². The molecule has 178 valence electrons. The summed E-state index contributed by atoms with van der Waals surface area (Å²) < 4.78 is 41.9. The largest absolute Gasteiger partial charge is 0.509 e. The zero-order valence-electron chi connectivity index (χ0n) is 18.8. The quantitative estimate of drug-likeness (QED) is 0.680. The second-order valence-corrected chi connectivity index (χ2v) is 8.90. The van der Waals surface area contributed by atoms with Crippen LogP contribution in [-0.2, 0) is 18.9 Å². The molecular weight excluding hydrogens is 437 g/mol. The van der Waals surface area contributed by atoms with Gasteiger partial charge in [0.25, 0.3) is 0 Å². The molecule has 0 radical (unpaired) electrons. The van der Waals surface area contributed by atoms with Crippen molar-refractivity contribution in [3.05, 3.63) is 29.7 Å². The smallest absolute Gasteiger partial charge is 0.481 e. The number of ether oxygens (including phenoxy) is 5. The number of alkyl carbamates (subject to hydrolysis) is 1. The van der Waals surface area contributed by atoms with Crippen molar-refractivity contribution in [1.82, 2.24) is 15.3 Å². The Hall–Kier alpha value is -3.21. The van der Waals surface area contributed by atoms with Gasteiger partial charge in [-0.1, -0.05) is 0 Å². The van der Waals surface area contributed by atoms with Crippen LogP contribution in [0.5, 0.6) is 5.88 Å². The van der Waals surface area contributed by atoms with Crippen molar-refractivity contribution in [2.45, 2.75) is 63.6 Å². The minimum atomic E-state index is -1.08. The Morgan fingerprint density at radius 1 is 1.24 bits per heavy atom. The van der Waals surface area contributed by atoms with Crippen LogP contribution in [0.2, 0.25) is 0 Å². The summed E-state index contributed by atoms with van der Waals surface area (Å²) in [6.07, 6.45) is -1.95. The van der Waals surface area contributed by atoms with Crippen molar-refractivity contribution in [1.29, 1.82) is 0 Å². The molecule has 0 aliphatic carbocycles. The molecule has 4 rings (SSSR count). The Balaban J connectivity index is 1.51. The SMILES string of the molecule is COc1ccc2ncc(F)c([C@H]3OC(=O)O[C@@H]3[C@@H]3CC[C@@H](NC(=O)OC(C)(C)C)CO3)c2n1. The average Bonchev–Trinajstić information content (AvgIpc) is 3.13. The molecule has 10 nitrogen and oxygen atoms in total. The maximum Gasteiger partial charge on any atom is 0.509 e. The van der Waals surface area contributed by atoms with Gasteiger partial charge in [0.15, 0.2) is 18.0 Å². The Morgan fingerprint density at radius 3 is 2.70 bits per heavy atom. The van der Waals surface area contributed by atoms with E-state index in [9.17, 15) is 14.0 Å². The average molecular weight is 463 g/mol. The lowest BCUT2D eigenvalue weighted by Gasteiger charge is -2.33. The Kier molecular flexibility index (Phi) is 6.24. The van der Waals surface area contributed by atoms with Gasteiger partial charge in [-0.15, -0.1) is 0 Å². The van der Waals surface area contributed by atoms with Gasteiger partial charge in [-0.2, -0.15) is 0 Å². The lowest BCUT2D eigenvalue weighted by molar-refractivity contribution is -0.0747. The number of hydrogen-bond donors (Lipinski definition) is 1. The molecule has 0 saturated carbocycles. The zero-order valence-corrected chi connectivity index (χ0v) is 18.8. The highest BCUT2D eigenvalue weighted by Gasteiger charge is 2.47. The molecule has 2 fully saturated rings. The first-order valence-electron chi connectivity index (χ1n) is 10.6. The predicted octanol–water partition coefficient (Wildman–Crippen LogP) is 3.43. The van der Waals surface area contributed by atoms with E-state index in [1.54, 1.807) is 32.9 Å². The van der Waals surface area contributed by atoms with E-state index in [0.717, 1.165) is 6.20 Å². The van der Waals surface area contributed by atoms with Gasteiger partial charge in [-0.3, -0.25) is 4.98 Å². The van der Waals surface area contributed by atoms with Gasteiger partial charge in [0.1, 0.15) is 11.1 Å². The molecule has 33 heavy (non-hydrogen) atoms. The number of pyridine rings is 2. The first kappa shape index (κ1) is 23.0. The first-order valence-corrected chi connectivity index (χ1v) is 10.6. The van der Waals surface area contributed by atoms with E-state index >= 15 is 0 Å². The van der Waals surface area contributed by atoms with Crippen LogP contribution in [0, 0.1) is 5.82 Å². The third-order valence-corrected chi connectivity index (χ3v) is 5.32. The normalized spacial score (nSPS) is 25.3. The van der Waals surface area contributed by atoms with Crippen LogP contribution in [0.15, 0.2) is 18.3 Å². The highest BCUT2D eigenvalue weighted by molar-refractivity contribution is 5.79. The number of fused-ring (bicyclic) bond motifs is 1. The number of carbonyl (C=O) groups excluding carboxylic acids is 2. The van der Waals surface area contributed by atoms with Gasteiger partial charge in [-0.25, -0.2) is 19.0 Å². The zero-order chi connectivity index (χ0) is 23.8. The highest BCUT2D eigenvalue weighted by atomic mass is 19.1. The summed E-state index contributed by atoms with van der Waals surface area (Å²) in [7, 11) is 1.44. The lowest BCUT2D eigenvalue weighted by Crippen LogP contribution is -2.47. The summed E-state index contributed by atoms with van der Waals surface area (Å²) >= 11 is 0. The summed E-state index contributed by atoms with van der Waals surface area (Å²) in [5, 5.41) is 2.77. The summed E-state index contributed by atoms with van der Waals surface area (Å²) in [5.74, 6) is -0.417. The van der Waals surface area contributed by atoms with Crippen molar-refractivity contribution < 1.29 is 37.7 Å². The number of carbonyl (C=O) groups is 2. The van der Waals surface area contributed by atoms with Crippen molar-refractivity contribution in [2.24, 2.45) is 0 Å². The fraction of sp³-hybridized carbons (Fsp3) is 0.545. The third kappa shape index (κ3) is 5.08. The number of cyclic esters (lactones) is 2. The van der Waals surface area contributed by atoms with Crippen LogP contribution in [0.1, 0.15) is 45.3 Å². The van der Waals surface area contributed by atoms with Crippen LogP contribution in [-0.4, -0.2) is 59.8 Å². The van der Waals surface area contributed by atoms with E-state index in [-0.39, 0.29) is 29.6 Å². The minimum absolute atomic E-state index is 0.0485. The fourth-order valence-electron chi connectivity index (χ4n) is 3.91. The van der Waals surface area contributed by atoms with Crippen molar-refractivity contribution in [3.8, 4) is 5.88 Å². The number of rotatable bonds is 4. The molecule has 4 heterocycles. The monoisotopic (exact) mass is 463 g/mol. The number of amides is 1. The van der Waals surface area contributed by atoms with E-state index in [4.69, 9.17) is 23.7 Å². The fourth-order valence-corrected chi connectivity index (χ4v) is 3.91. The maximum absolute atomic E-state index is 14.9. The second kappa shape index (κ2) is 8.97. The molecule has 2 aromatic heterocycles. The van der Waals surface area contributed by atoms with Gasteiger partial charge in [-0.05, 0) is 39.7 Å². The summed E-state index contributed by atoms with van der Waals surface area (Å²) in [6.45, 7) is 5.51.